The van der Waals surface area contributed by atoms with Gasteiger partial charge in [0, 0.05) is 5.56 Å². The fraction of sp³-hybridized carbons (Fsp3) is 0.143. The maximum absolute atomic E-state index is 5.51. The Bertz CT molecular complexity index is 452. The third-order valence-corrected chi connectivity index (χ3v) is 2.15. The highest BCUT2D eigenvalue weighted by atomic mass is 16.5. The molecule has 0 saturated heterocycles. The van der Waals surface area contributed by atoms with Crippen molar-refractivity contribution >= 4 is 0 Å². The highest BCUT2D eigenvalue weighted by Crippen LogP contribution is 2.22. The molecule has 2 aromatic rings. The molecule has 1 aromatic heterocycles. The summed E-state index contributed by atoms with van der Waals surface area (Å²) < 4.78 is 10.8. The van der Waals surface area contributed by atoms with Crippen molar-refractivity contribution in [2.24, 2.45) is 0 Å². The molecule has 0 radical (unpaired) electrons. The van der Waals surface area contributed by atoms with Gasteiger partial charge in [-0.25, -0.2) is 0 Å². The maximum Gasteiger partial charge on any atom is 0.133 e. The van der Waals surface area contributed by atoms with Crippen molar-refractivity contribution in [3.8, 4) is 17.1 Å². The van der Waals surface area contributed by atoms with Gasteiger partial charge in [-0.3, -0.25) is 0 Å². The van der Waals surface area contributed by atoms with Gasteiger partial charge in [-0.1, -0.05) is 6.58 Å². The summed E-state index contributed by atoms with van der Waals surface area (Å²) in [5, 5.41) is 0. The van der Waals surface area contributed by atoms with Gasteiger partial charge in [0.2, 0.25) is 0 Å². The first-order chi connectivity index (χ1) is 7.75. The zero-order valence-electron chi connectivity index (χ0n) is 9.27. The van der Waals surface area contributed by atoms with Crippen LogP contribution in [0.15, 0.2) is 59.2 Å². The zero-order valence-corrected chi connectivity index (χ0v) is 9.27. The Labute approximate surface area is 95.2 Å². The van der Waals surface area contributed by atoms with Crippen LogP contribution < -0.4 is 4.74 Å². The quantitative estimate of drug-likeness (QED) is 0.720. The van der Waals surface area contributed by atoms with E-state index in [-0.39, 0.29) is 0 Å². The second-order valence-electron chi connectivity index (χ2n) is 3.75. The SMILES string of the molecule is C=C(C)COc1ccc(-c2ccco2)cc1. The van der Waals surface area contributed by atoms with Crippen molar-refractivity contribution in [2.45, 2.75) is 6.92 Å². The molecule has 0 spiro atoms. The third kappa shape index (κ3) is 2.54. The molecular weight excluding hydrogens is 200 g/mol. The lowest BCUT2D eigenvalue weighted by Gasteiger charge is -2.05. The second kappa shape index (κ2) is 4.71. The van der Waals surface area contributed by atoms with Gasteiger partial charge in [0.15, 0.2) is 0 Å². The maximum atomic E-state index is 5.51. The fourth-order valence-electron chi connectivity index (χ4n) is 1.36. The Kier molecular flexibility index (Phi) is 3.10. The first kappa shape index (κ1) is 10.6. The highest BCUT2D eigenvalue weighted by molar-refractivity contribution is 5.58. The molecule has 0 aliphatic carbocycles. The molecule has 0 amide bonds. The molecule has 0 atom stereocenters. The molecule has 0 aliphatic heterocycles. The van der Waals surface area contributed by atoms with Crippen molar-refractivity contribution in [3.63, 3.8) is 0 Å². The van der Waals surface area contributed by atoms with Gasteiger partial charge in [0.05, 0.1) is 6.26 Å². The average molecular weight is 214 g/mol. The molecule has 0 bridgehead atoms. The van der Waals surface area contributed by atoms with E-state index in [1.807, 2.05) is 43.3 Å². The van der Waals surface area contributed by atoms with Crippen LogP contribution in [-0.4, -0.2) is 6.61 Å². The van der Waals surface area contributed by atoms with Crippen LogP contribution in [0.3, 0.4) is 0 Å². The predicted octanol–water partition coefficient (Wildman–Crippen LogP) is 3.90. The Morgan fingerprint density at radius 1 is 1.25 bits per heavy atom. The minimum absolute atomic E-state index is 0.556. The predicted molar refractivity (Wildman–Crippen MR) is 64.5 cm³/mol. The average Bonchev–Trinajstić information content (AvgIpc) is 2.80. The molecule has 0 N–H and O–H groups in total. The number of benzene rings is 1. The number of rotatable bonds is 4. The van der Waals surface area contributed by atoms with Crippen molar-refractivity contribution in [3.05, 3.63) is 54.8 Å². The van der Waals surface area contributed by atoms with E-state index in [1.54, 1.807) is 6.26 Å². The largest absolute Gasteiger partial charge is 0.489 e. The van der Waals surface area contributed by atoms with E-state index >= 15 is 0 Å². The molecule has 82 valence electrons. The molecule has 2 heteroatoms. The molecule has 2 nitrogen and oxygen atoms in total. The number of furan rings is 1. The van der Waals surface area contributed by atoms with Crippen LogP contribution >= 0.6 is 0 Å². The van der Waals surface area contributed by atoms with E-state index in [9.17, 15) is 0 Å². The van der Waals surface area contributed by atoms with E-state index < -0.39 is 0 Å². The lowest BCUT2D eigenvalue weighted by molar-refractivity contribution is 0.353. The molecule has 0 saturated carbocycles. The normalized spacial score (nSPS) is 10.1. The van der Waals surface area contributed by atoms with Gasteiger partial charge in [-0.15, -0.1) is 0 Å². The number of ether oxygens (including phenoxy) is 1. The van der Waals surface area contributed by atoms with Gasteiger partial charge in [0.25, 0.3) is 0 Å². The molecule has 0 fully saturated rings. The summed E-state index contributed by atoms with van der Waals surface area (Å²) in [5.74, 6) is 1.71. The van der Waals surface area contributed by atoms with E-state index in [1.165, 1.54) is 0 Å². The number of hydrogen-bond acceptors (Lipinski definition) is 2. The summed E-state index contributed by atoms with van der Waals surface area (Å²) in [5.41, 5.74) is 2.06. The lowest BCUT2D eigenvalue weighted by Crippen LogP contribution is -1.96. The molecule has 2 rings (SSSR count). The van der Waals surface area contributed by atoms with Crippen LogP contribution in [0.25, 0.3) is 11.3 Å². The van der Waals surface area contributed by atoms with E-state index in [2.05, 4.69) is 6.58 Å². The summed E-state index contributed by atoms with van der Waals surface area (Å²) in [6.07, 6.45) is 1.67. The molecular formula is C14H14O2. The topological polar surface area (TPSA) is 22.4 Å². The fourth-order valence-corrected chi connectivity index (χ4v) is 1.36. The summed E-state index contributed by atoms with van der Waals surface area (Å²) >= 11 is 0. The Morgan fingerprint density at radius 2 is 2.00 bits per heavy atom. The van der Waals surface area contributed by atoms with Crippen molar-refractivity contribution < 1.29 is 9.15 Å². The van der Waals surface area contributed by atoms with Crippen LogP contribution in [0.5, 0.6) is 5.75 Å². The third-order valence-electron chi connectivity index (χ3n) is 2.15. The van der Waals surface area contributed by atoms with Gasteiger partial charge in [-0.05, 0) is 48.9 Å². The lowest BCUT2D eigenvalue weighted by atomic mass is 10.2. The van der Waals surface area contributed by atoms with Crippen molar-refractivity contribution in [2.75, 3.05) is 6.61 Å². The summed E-state index contributed by atoms with van der Waals surface area (Å²) in [7, 11) is 0. The van der Waals surface area contributed by atoms with Crippen LogP contribution in [0.2, 0.25) is 0 Å². The molecule has 1 heterocycles. The van der Waals surface area contributed by atoms with Gasteiger partial charge >= 0.3 is 0 Å². The summed E-state index contributed by atoms with van der Waals surface area (Å²) in [4.78, 5) is 0. The standard InChI is InChI=1S/C14H14O2/c1-11(2)10-16-13-7-5-12(6-8-13)14-4-3-9-15-14/h3-9H,1,10H2,2H3. The van der Waals surface area contributed by atoms with Crippen LogP contribution in [-0.2, 0) is 0 Å². The van der Waals surface area contributed by atoms with Gasteiger partial charge < -0.3 is 9.15 Å². The second-order valence-corrected chi connectivity index (χ2v) is 3.75. The minimum atomic E-state index is 0.556. The Morgan fingerprint density at radius 3 is 2.56 bits per heavy atom. The van der Waals surface area contributed by atoms with Crippen molar-refractivity contribution in [1.29, 1.82) is 0 Å². The van der Waals surface area contributed by atoms with Crippen LogP contribution in [0.4, 0.5) is 0 Å². The highest BCUT2D eigenvalue weighted by Gasteiger charge is 2.00. The first-order valence-corrected chi connectivity index (χ1v) is 5.17. The molecule has 16 heavy (non-hydrogen) atoms. The van der Waals surface area contributed by atoms with E-state index in [0.29, 0.717) is 6.61 Å². The monoisotopic (exact) mass is 214 g/mol. The Hall–Kier alpha value is -1.96. The zero-order chi connectivity index (χ0) is 11.4. The van der Waals surface area contributed by atoms with E-state index in [4.69, 9.17) is 9.15 Å². The van der Waals surface area contributed by atoms with E-state index in [0.717, 1.165) is 22.6 Å². The molecule has 0 unspecified atom stereocenters. The Balaban J connectivity index is 2.08. The van der Waals surface area contributed by atoms with Gasteiger partial charge in [0.1, 0.15) is 18.1 Å². The molecule has 0 aliphatic rings. The first-order valence-electron chi connectivity index (χ1n) is 5.17. The van der Waals surface area contributed by atoms with Crippen LogP contribution in [0.1, 0.15) is 6.92 Å². The molecule has 1 aromatic carbocycles. The smallest absolute Gasteiger partial charge is 0.133 e. The summed E-state index contributed by atoms with van der Waals surface area (Å²) in [6.45, 7) is 6.29. The summed E-state index contributed by atoms with van der Waals surface area (Å²) in [6, 6.07) is 11.6. The van der Waals surface area contributed by atoms with Crippen LogP contribution in [0, 0.1) is 0 Å². The minimum Gasteiger partial charge on any atom is -0.489 e. The van der Waals surface area contributed by atoms with Crippen molar-refractivity contribution in [1.82, 2.24) is 0 Å². The number of hydrogen-bond donors (Lipinski definition) is 0. The van der Waals surface area contributed by atoms with Gasteiger partial charge in [-0.2, -0.15) is 0 Å².